The van der Waals surface area contributed by atoms with Gasteiger partial charge in [0.05, 0.1) is 6.54 Å². The van der Waals surface area contributed by atoms with Crippen LogP contribution in [-0.2, 0) is 7.05 Å². The molecule has 1 N–H and O–H groups in total. The molecule has 3 nitrogen and oxygen atoms in total. The molecule has 0 saturated heterocycles. The van der Waals surface area contributed by atoms with E-state index in [-0.39, 0.29) is 5.78 Å². The molecule has 0 unspecified atom stereocenters. The Morgan fingerprint density at radius 3 is 2.53 bits per heavy atom. The number of rotatable bonds is 6. The smallest absolute Gasteiger partial charge is 0.178 e. The fourth-order valence-corrected chi connectivity index (χ4v) is 1.83. The van der Waals surface area contributed by atoms with Crippen LogP contribution in [0.25, 0.3) is 0 Å². The summed E-state index contributed by atoms with van der Waals surface area (Å²) in [4.78, 5) is 12.0. The summed E-state index contributed by atoms with van der Waals surface area (Å²) in [5.74, 6) is 0.869. The number of hydrogen-bond donors (Lipinski definition) is 1. The van der Waals surface area contributed by atoms with Crippen molar-refractivity contribution in [1.29, 1.82) is 0 Å². The van der Waals surface area contributed by atoms with E-state index < -0.39 is 0 Å². The molecule has 0 amide bonds. The van der Waals surface area contributed by atoms with Crippen molar-refractivity contribution < 1.29 is 4.79 Å². The van der Waals surface area contributed by atoms with Gasteiger partial charge >= 0.3 is 0 Å². The highest BCUT2D eigenvalue weighted by Gasteiger charge is 2.13. The molecular formula is C14H24N2O. The molecule has 1 aromatic rings. The molecule has 0 radical (unpaired) electrons. The maximum atomic E-state index is 12.0. The number of carbonyl (C=O) groups is 1. The normalized spacial score (nSPS) is 11.2. The van der Waals surface area contributed by atoms with Crippen LogP contribution in [0.3, 0.4) is 0 Å². The van der Waals surface area contributed by atoms with Gasteiger partial charge in [0.2, 0.25) is 0 Å². The molecule has 0 saturated carbocycles. The van der Waals surface area contributed by atoms with Gasteiger partial charge in [0.15, 0.2) is 5.78 Å². The van der Waals surface area contributed by atoms with Crippen molar-refractivity contribution in [3.8, 4) is 0 Å². The van der Waals surface area contributed by atoms with Gasteiger partial charge in [0.1, 0.15) is 0 Å². The number of nitrogens with one attached hydrogen (secondary N) is 1. The molecule has 0 aromatic carbocycles. The van der Waals surface area contributed by atoms with Crippen LogP contribution >= 0.6 is 0 Å². The van der Waals surface area contributed by atoms with Crippen LogP contribution in [0.2, 0.25) is 0 Å². The Hall–Kier alpha value is -1.09. The van der Waals surface area contributed by atoms with Gasteiger partial charge in [-0.3, -0.25) is 4.79 Å². The maximum absolute atomic E-state index is 12.0. The van der Waals surface area contributed by atoms with E-state index in [1.165, 1.54) is 0 Å². The Labute approximate surface area is 104 Å². The van der Waals surface area contributed by atoms with Crippen LogP contribution < -0.4 is 5.32 Å². The molecule has 1 heterocycles. The summed E-state index contributed by atoms with van der Waals surface area (Å²) in [6.45, 7) is 9.75. The molecule has 0 aliphatic rings. The average Bonchev–Trinajstić information content (AvgIpc) is 2.52. The highest BCUT2D eigenvalue weighted by Crippen LogP contribution is 2.13. The van der Waals surface area contributed by atoms with Crippen molar-refractivity contribution >= 4 is 5.78 Å². The predicted octanol–water partition coefficient (Wildman–Crippen LogP) is 2.46. The molecule has 0 atom stereocenters. The van der Waals surface area contributed by atoms with E-state index >= 15 is 0 Å². The maximum Gasteiger partial charge on any atom is 0.178 e. The fraction of sp³-hybridized carbons (Fsp3) is 0.643. The minimum absolute atomic E-state index is 0.190. The summed E-state index contributed by atoms with van der Waals surface area (Å²) in [6, 6.07) is 1.97. The number of nitrogens with zero attached hydrogens (tertiary/aromatic N) is 1. The number of aromatic nitrogens is 1. The second-order valence-corrected chi connectivity index (χ2v) is 5.13. The van der Waals surface area contributed by atoms with E-state index in [9.17, 15) is 4.79 Å². The van der Waals surface area contributed by atoms with E-state index in [1.807, 2.05) is 27.0 Å². The van der Waals surface area contributed by atoms with Crippen LogP contribution in [-0.4, -0.2) is 23.4 Å². The van der Waals surface area contributed by atoms with Crippen molar-refractivity contribution in [2.75, 3.05) is 13.1 Å². The second kappa shape index (κ2) is 6.01. The van der Waals surface area contributed by atoms with Gasteiger partial charge in [-0.25, -0.2) is 0 Å². The molecule has 17 heavy (non-hydrogen) atoms. The van der Waals surface area contributed by atoms with Crippen LogP contribution in [0.4, 0.5) is 0 Å². The molecule has 0 bridgehead atoms. The lowest BCUT2D eigenvalue weighted by molar-refractivity contribution is 0.0990. The summed E-state index contributed by atoms with van der Waals surface area (Å²) in [7, 11) is 1.99. The first-order chi connectivity index (χ1) is 7.93. The van der Waals surface area contributed by atoms with Crippen molar-refractivity contribution in [2.24, 2.45) is 13.0 Å². The van der Waals surface area contributed by atoms with Crippen molar-refractivity contribution in [2.45, 2.75) is 34.1 Å². The Morgan fingerprint density at radius 2 is 2.06 bits per heavy atom. The van der Waals surface area contributed by atoms with Gasteiger partial charge in [-0.1, -0.05) is 13.8 Å². The molecular weight excluding hydrogens is 212 g/mol. The van der Waals surface area contributed by atoms with E-state index in [4.69, 9.17) is 0 Å². The first-order valence-electron chi connectivity index (χ1n) is 6.30. The highest BCUT2D eigenvalue weighted by molar-refractivity contribution is 5.99. The first kappa shape index (κ1) is 14.0. The first-order valence-corrected chi connectivity index (χ1v) is 6.30. The quantitative estimate of drug-likeness (QED) is 0.608. The number of ketones is 1. The molecule has 0 aliphatic heterocycles. The molecule has 0 fully saturated rings. The Balaban J connectivity index is 2.50. The lowest BCUT2D eigenvalue weighted by Gasteiger charge is -2.06. The number of aryl methyl sites for hydroxylation is 1. The topological polar surface area (TPSA) is 34.0 Å². The van der Waals surface area contributed by atoms with E-state index in [0.717, 1.165) is 29.9 Å². The van der Waals surface area contributed by atoms with Crippen molar-refractivity contribution in [3.63, 3.8) is 0 Å². The molecule has 0 aliphatic carbocycles. The molecule has 96 valence electrons. The third-order valence-corrected chi connectivity index (χ3v) is 3.26. The van der Waals surface area contributed by atoms with Gasteiger partial charge < -0.3 is 9.88 Å². The zero-order valence-corrected chi connectivity index (χ0v) is 11.6. The SMILES string of the molecule is Cc1cc(C(=O)CNCCC(C)C)c(C)n1C. The molecule has 1 rings (SSSR count). The third kappa shape index (κ3) is 3.70. The molecule has 1 aromatic heterocycles. The van der Waals surface area contributed by atoms with E-state index in [0.29, 0.717) is 12.5 Å². The van der Waals surface area contributed by atoms with Crippen LogP contribution in [0.1, 0.15) is 42.0 Å². The van der Waals surface area contributed by atoms with Gasteiger partial charge in [-0.2, -0.15) is 0 Å². The van der Waals surface area contributed by atoms with Crippen molar-refractivity contribution in [3.05, 3.63) is 23.0 Å². The van der Waals surface area contributed by atoms with Crippen LogP contribution in [0, 0.1) is 19.8 Å². The zero-order valence-electron chi connectivity index (χ0n) is 11.6. The highest BCUT2D eigenvalue weighted by atomic mass is 16.1. The van der Waals surface area contributed by atoms with Crippen LogP contribution in [0.15, 0.2) is 6.07 Å². The van der Waals surface area contributed by atoms with Gasteiger partial charge in [-0.05, 0) is 38.8 Å². The number of hydrogen-bond acceptors (Lipinski definition) is 2. The van der Waals surface area contributed by atoms with E-state index in [1.54, 1.807) is 0 Å². The minimum Gasteiger partial charge on any atom is -0.351 e. The largest absolute Gasteiger partial charge is 0.351 e. The molecule has 3 heteroatoms. The second-order valence-electron chi connectivity index (χ2n) is 5.13. The Morgan fingerprint density at radius 1 is 1.41 bits per heavy atom. The van der Waals surface area contributed by atoms with E-state index in [2.05, 4.69) is 23.7 Å². The van der Waals surface area contributed by atoms with Gasteiger partial charge in [0, 0.05) is 24.0 Å². The van der Waals surface area contributed by atoms with Gasteiger partial charge in [0.25, 0.3) is 0 Å². The fourth-order valence-electron chi connectivity index (χ4n) is 1.83. The van der Waals surface area contributed by atoms with Crippen molar-refractivity contribution in [1.82, 2.24) is 9.88 Å². The number of carbonyl (C=O) groups excluding carboxylic acids is 1. The van der Waals surface area contributed by atoms with Gasteiger partial charge in [-0.15, -0.1) is 0 Å². The lowest BCUT2D eigenvalue weighted by Crippen LogP contribution is -2.25. The minimum atomic E-state index is 0.190. The monoisotopic (exact) mass is 236 g/mol. The standard InChI is InChI=1S/C14H24N2O/c1-10(2)6-7-15-9-14(17)13-8-11(3)16(5)12(13)4/h8,10,15H,6-7,9H2,1-5H3. The Kier molecular flexibility index (Phi) is 4.94. The van der Waals surface area contributed by atoms with Crippen LogP contribution in [0.5, 0.6) is 0 Å². The predicted molar refractivity (Wildman–Crippen MR) is 71.5 cm³/mol. The third-order valence-electron chi connectivity index (χ3n) is 3.26. The summed E-state index contributed by atoms with van der Waals surface area (Å²) in [5, 5.41) is 3.21. The summed E-state index contributed by atoms with van der Waals surface area (Å²) >= 11 is 0. The number of Topliss-reactive ketones (excluding diaryl/α,β-unsaturated/α-hetero) is 1. The lowest BCUT2D eigenvalue weighted by atomic mass is 10.1. The molecule has 0 spiro atoms. The Bertz CT molecular complexity index is 391. The summed E-state index contributed by atoms with van der Waals surface area (Å²) in [6.07, 6.45) is 1.11. The zero-order chi connectivity index (χ0) is 13.0. The average molecular weight is 236 g/mol. The summed E-state index contributed by atoms with van der Waals surface area (Å²) in [5.41, 5.74) is 3.04. The summed E-state index contributed by atoms with van der Waals surface area (Å²) < 4.78 is 2.06.